The van der Waals surface area contributed by atoms with Gasteiger partial charge in [-0.25, -0.2) is 0 Å². The minimum absolute atomic E-state index is 0.292. The minimum Gasteiger partial charge on any atom is -0.145 e. The Hall–Kier alpha value is -0.863. The summed E-state index contributed by atoms with van der Waals surface area (Å²) >= 11 is 1.95. The van der Waals surface area contributed by atoms with Gasteiger partial charge in [0.25, 0.3) is 0 Å². The molecule has 0 spiro atoms. The van der Waals surface area contributed by atoms with Gasteiger partial charge in [0.15, 0.2) is 0 Å². The average Bonchev–Trinajstić information content (AvgIpc) is 2.78. The van der Waals surface area contributed by atoms with Gasteiger partial charge < -0.3 is 0 Å². The number of aryl methyl sites for hydroxylation is 1. The Morgan fingerprint density at radius 1 is 1.00 bits per heavy atom. The van der Waals surface area contributed by atoms with Crippen molar-refractivity contribution in [3.8, 4) is 10.4 Å². The first-order chi connectivity index (χ1) is 7.70. The van der Waals surface area contributed by atoms with E-state index in [9.17, 15) is 0 Å². The van der Waals surface area contributed by atoms with Gasteiger partial charge in [-0.05, 0) is 28.1 Å². The van der Waals surface area contributed by atoms with E-state index in [2.05, 4.69) is 56.4 Å². The molecule has 0 saturated heterocycles. The van der Waals surface area contributed by atoms with Crippen molar-refractivity contribution in [3.63, 3.8) is 0 Å². The molecule has 0 unspecified atom stereocenters. The molecule has 0 aliphatic rings. The van der Waals surface area contributed by atoms with E-state index in [0.29, 0.717) is 0 Å². The lowest BCUT2D eigenvalue weighted by molar-refractivity contribution is 1.14. The van der Waals surface area contributed by atoms with E-state index in [-0.39, 0.29) is 8.80 Å². The fourth-order valence-electron chi connectivity index (χ4n) is 1.67. The van der Waals surface area contributed by atoms with Crippen LogP contribution in [0.15, 0.2) is 36.4 Å². The standard InChI is InChI=1S/C14H17SSi/c1-4-11-5-7-12(8-6-11)13-9-10-14(15-13)16(2)3/h5-10H,4H2,1-3H3. The molecule has 83 valence electrons. The first-order valence-electron chi connectivity index (χ1n) is 5.70. The lowest BCUT2D eigenvalue weighted by atomic mass is 10.1. The molecule has 0 bridgehead atoms. The second kappa shape index (κ2) is 4.98. The summed E-state index contributed by atoms with van der Waals surface area (Å²) in [6, 6.07) is 13.5. The maximum absolute atomic E-state index is 2.35. The molecule has 2 rings (SSSR count). The molecule has 2 heteroatoms. The normalized spacial score (nSPS) is 11.0. The predicted octanol–water partition coefficient (Wildman–Crippen LogP) is 3.94. The van der Waals surface area contributed by atoms with Gasteiger partial charge in [-0.1, -0.05) is 50.3 Å². The van der Waals surface area contributed by atoms with E-state index < -0.39 is 0 Å². The Morgan fingerprint density at radius 2 is 1.69 bits per heavy atom. The molecule has 0 fully saturated rings. The van der Waals surface area contributed by atoms with Crippen molar-refractivity contribution in [2.45, 2.75) is 26.4 Å². The van der Waals surface area contributed by atoms with Gasteiger partial charge in [-0.3, -0.25) is 0 Å². The topological polar surface area (TPSA) is 0 Å². The Morgan fingerprint density at radius 3 is 2.19 bits per heavy atom. The van der Waals surface area contributed by atoms with Gasteiger partial charge in [0.2, 0.25) is 0 Å². The third kappa shape index (κ3) is 2.44. The SMILES string of the molecule is CCc1ccc(-c2ccc([Si](C)C)s2)cc1. The van der Waals surface area contributed by atoms with Gasteiger partial charge in [-0.2, -0.15) is 0 Å². The molecule has 0 aliphatic heterocycles. The van der Waals surface area contributed by atoms with Crippen LogP contribution in [0.1, 0.15) is 12.5 Å². The molecule has 1 heterocycles. The lowest BCUT2D eigenvalue weighted by Gasteiger charge is -2.00. The van der Waals surface area contributed by atoms with E-state index in [1.165, 1.54) is 16.0 Å². The zero-order valence-electron chi connectivity index (χ0n) is 10.1. The minimum atomic E-state index is -0.292. The molecule has 1 aromatic heterocycles. The maximum Gasteiger partial charge on any atom is 0.0927 e. The van der Waals surface area contributed by atoms with E-state index in [1.54, 1.807) is 4.50 Å². The summed E-state index contributed by atoms with van der Waals surface area (Å²) in [5, 5.41) is 0. The van der Waals surface area contributed by atoms with Crippen LogP contribution in [0.2, 0.25) is 13.1 Å². The largest absolute Gasteiger partial charge is 0.145 e. The average molecular weight is 245 g/mol. The van der Waals surface area contributed by atoms with Gasteiger partial charge in [0, 0.05) is 4.88 Å². The molecular formula is C14H17SSi. The number of thiophene rings is 1. The zero-order valence-corrected chi connectivity index (χ0v) is 11.9. The molecule has 2 aromatic rings. The van der Waals surface area contributed by atoms with Crippen molar-refractivity contribution < 1.29 is 0 Å². The third-order valence-electron chi connectivity index (χ3n) is 2.75. The molecule has 0 nitrogen and oxygen atoms in total. The molecule has 0 amide bonds. The van der Waals surface area contributed by atoms with Gasteiger partial charge in [0.05, 0.1) is 8.80 Å². The fourth-order valence-corrected chi connectivity index (χ4v) is 3.99. The van der Waals surface area contributed by atoms with Gasteiger partial charge in [-0.15, -0.1) is 11.3 Å². The number of hydrogen-bond donors (Lipinski definition) is 0. The molecule has 1 radical (unpaired) electrons. The first-order valence-corrected chi connectivity index (χ1v) is 9.02. The number of rotatable bonds is 3. The van der Waals surface area contributed by atoms with E-state index >= 15 is 0 Å². The van der Waals surface area contributed by atoms with Crippen molar-refractivity contribution in [1.29, 1.82) is 0 Å². The van der Waals surface area contributed by atoms with Crippen molar-refractivity contribution in [3.05, 3.63) is 42.0 Å². The summed E-state index contributed by atoms with van der Waals surface area (Å²) in [6.45, 7) is 6.89. The lowest BCUT2D eigenvalue weighted by Crippen LogP contribution is -2.17. The van der Waals surface area contributed by atoms with Crippen LogP contribution < -0.4 is 4.50 Å². The van der Waals surface area contributed by atoms with Crippen molar-refractivity contribution in [2.24, 2.45) is 0 Å². The van der Waals surface area contributed by atoms with E-state index in [4.69, 9.17) is 0 Å². The molecule has 0 aliphatic carbocycles. The molecule has 1 aromatic carbocycles. The van der Waals surface area contributed by atoms with Crippen molar-refractivity contribution in [2.75, 3.05) is 0 Å². The second-order valence-electron chi connectivity index (χ2n) is 4.21. The van der Waals surface area contributed by atoms with Gasteiger partial charge in [0.1, 0.15) is 0 Å². The summed E-state index contributed by atoms with van der Waals surface area (Å²) in [4.78, 5) is 1.41. The van der Waals surface area contributed by atoms with E-state index in [1.807, 2.05) is 11.3 Å². The van der Waals surface area contributed by atoms with Crippen molar-refractivity contribution in [1.82, 2.24) is 0 Å². The van der Waals surface area contributed by atoms with Crippen LogP contribution in [0, 0.1) is 0 Å². The summed E-state index contributed by atoms with van der Waals surface area (Å²) < 4.78 is 1.57. The highest BCUT2D eigenvalue weighted by atomic mass is 32.1. The highest BCUT2D eigenvalue weighted by Crippen LogP contribution is 2.24. The van der Waals surface area contributed by atoms with Crippen LogP contribution in [0.3, 0.4) is 0 Å². The third-order valence-corrected chi connectivity index (χ3v) is 6.38. The number of hydrogen-bond acceptors (Lipinski definition) is 1. The van der Waals surface area contributed by atoms with E-state index in [0.717, 1.165) is 6.42 Å². The van der Waals surface area contributed by atoms with Crippen LogP contribution in [0.4, 0.5) is 0 Å². The molecule has 0 saturated carbocycles. The highest BCUT2D eigenvalue weighted by Gasteiger charge is 2.06. The number of benzene rings is 1. The monoisotopic (exact) mass is 245 g/mol. The smallest absolute Gasteiger partial charge is 0.0927 e. The molecule has 0 atom stereocenters. The Balaban J connectivity index is 2.28. The summed E-state index contributed by atoms with van der Waals surface area (Å²) in [5.41, 5.74) is 2.77. The summed E-state index contributed by atoms with van der Waals surface area (Å²) in [6.07, 6.45) is 1.12. The predicted molar refractivity (Wildman–Crippen MR) is 76.2 cm³/mol. The zero-order chi connectivity index (χ0) is 11.5. The van der Waals surface area contributed by atoms with Crippen LogP contribution in [0.25, 0.3) is 10.4 Å². The van der Waals surface area contributed by atoms with Crippen LogP contribution in [-0.2, 0) is 6.42 Å². The Labute approximate surface area is 104 Å². The maximum atomic E-state index is 2.35. The highest BCUT2D eigenvalue weighted by molar-refractivity contribution is 7.26. The van der Waals surface area contributed by atoms with Crippen LogP contribution in [0.5, 0.6) is 0 Å². The first kappa shape index (κ1) is 11.6. The summed E-state index contributed by atoms with van der Waals surface area (Å²) in [5.74, 6) is 0. The fraction of sp³-hybridized carbons (Fsp3) is 0.286. The van der Waals surface area contributed by atoms with Crippen LogP contribution >= 0.6 is 11.3 Å². The van der Waals surface area contributed by atoms with Crippen molar-refractivity contribution >= 4 is 24.6 Å². The second-order valence-corrected chi connectivity index (χ2v) is 8.20. The quantitative estimate of drug-likeness (QED) is 0.719. The molecule has 16 heavy (non-hydrogen) atoms. The molecular weight excluding hydrogens is 228 g/mol. The van der Waals surface area contributed by atoms with Gasteiger partial charge >= 0.3 is 0 Å². The molecule has 0 N–H and O–H groups in total. The Kier molecular flexibility index (Phi) is 3.61. The summed E-state index contributed by atoms with van der Waals surface area (Å²) in [7, 11) is -0.292. The Bertz CT molecular complexity index is 454. The van der Waals surface area contributed by atoms with Crippen LogP contribution in [-0.4, -0.2) is 8.80 Å².